The van der Waals surface area contributed by atoms with E-state index in [1.54, 1.807) is 25.3 Å². The zero-order valence-corrected chi connectivity index (χ0v) is 17.0. The molecular formula is C22H18F2N6O2. The van der Waals surface area contributed by atoms with Gasteiger partial charge in [-0.3, -0.25) is 4.79 Å². The van der Waals surface area contributed by atoms with Crippen LogP contribution in [0, 0.1) is 11.6 Å². The molecule has 162 valence electrons. The van der Waals surface area contributed by atoms with Crippen molar-refractivity contribution in [1.29, 1.82) is 0 Å². The molecule has 1 aliphatic heterocycles. The SMILES string of the molecule is C[C@H]1CNC(=O)c2cnn3cc(-c4cccc(F)c4)c(nc23)NCc2cc(F)cnc2O1. The van der Waals surface area contributed by atoms with Crippen molar-refractivity contribution in [2.75, 3.05) is 11.9 Å². The van der Waals surface area contributed by atoms with Gasteiger partial charge < -0.3 is 15.4 Å². The van der Waals surface area contributed by atoms with Crippen molar-refractivity contribution < 1.29 is 18.3 Å². The maximum absolute atomic E-state index is 13.9. The van der Waals surface area contributed by atoms with Crippen LogP contribution in [0.2, 0.25) is 0 Å². The number of hydrogen-bond donors (Lipinski definition) is 2. The largest absolute Gasteiger partial charge is 0.473 e. The lowest BCUT2D eigenvalue weighted by molar-refractivity contribution is 0.0932. The fourth-order valence-electron chi connectivity index (χ4n) is 3.52. The van der Waals surface area contributed by atoms with E-state index in [0.717, 1.165) is 6.20 Å². The van der Waals surface area contributed by atoms with E-state index in [1.807, 2.05) is 0 Å². The van der Waals surface area contributed by atoms with E-state index in [0.29, 0.717) is 28.2 Å². The van der Waals surface area contributed by atoms with Gasteiger partial charge in [0.25, 0.3) is 5.91 Å². The number of anilines is 1. The minimum absolute atomic E-state index is 0.142. The summed E-state index contributed by atoms with van der Waals surface area (Å²) in [7, 11) is 0. The van der Waals surface area contributed by atoms with Crippen LogP contribution in [0.3, 0.4) is 0 Å². The summed E-state index contributed by atoms with van der Waals surface area (Å²) in [5, 5.41) is 10.2. The Hall–Kier alpha value is -4.08. The first kappa shape index (κ1) is 19.9. The summed E-state index contributed by atoms with van der Waals surface area (Å²) in [5.74, 6) is -0.652. The third-order valence-electron chi connectivity index (χ3n) is 5.07. The number of aromatic nitrogens is 4. The zero-order chi connectivity index (χ0) is 22.2. The molecule has 0 unspecified atom stereocenters. The highest BCUT2D eigenvalue weighted by Crippen LogP contribution is 2.29. The van der Waals surface area contributed by atoms with Gasteiger partial charge in [0.1, 0.15) is 29.1 Å². The smallest absolute Gasteiger partial charge is 0.256 e. The predicted molar refractivity (Wildman–Crippen MR) is 112 cm³/mol. The first-order valence-corrected chi connectivity index (χ1v) is 9.95. The second-order valence-corrected chi connectivity index (χ2v) is 7.45. The average Bonchev–Trinajstić information content (AvgIpc) is 3.19. The van der Waals surface area contributed by atoms with Crippen molar-refractivity contribution in [2.45, 2.75) is 19.6 Å². The van der Waals surface area contributed by atoms with Crippen LogP contribution in [-0.2, 0) is 6.54 Å². The number of rotatable bonds is 1. The van der Waals surface area contributed by atoms with Crippen molar-refractivity contribution in [3.63, 3.8) is 0 Å². The highest BCUT2D eigenvalue weighted by atomic mass is 19.1. The van der Waals surface area contributed by atoms with Crippen LogP contribution in [0.4, 0.5) is 14.6 Å². The first-order chi connectivity index (χ1) is 15.5. The Labute approximate surface area is 181 Å². The van der Waals surface area contributed by atoms with E-state index >= 15 is 0 Å². The van der Waals surface area contributed by atoms with Crippen LogP contribution >= 0.6 is 0 Å². The molecule has 5 rings (SSSR count). The summed E-state index contributed by atoms with van der Waals surface area (Å²) in [5.41, 5.74) is 2.21. The summed E-state index contributed by atoms with van der Waals surface area (Å²) in [6.45, 7) is 2.12. The van der Waals surface area contributed by atoms with Gasteiger partial charge in [0.15, 0.2) is 5.65 Å². The molecule has 0 spiro atoms. The number of ether oxygens (including phenoxy) is 1. The fraction of sp³-hybridized carbons (Fsp3) is 0.182. The molecular weight excluding hydrogens is 418 g/mol. The normalized spacial score (nSPS) is 16.2. The number of carbonyl (C=O) groups excluding carboxylic acids is 1. The van der Waals surface area contributed by atoms with Crippen LogP contribution in [0.1, 0.15) is 22.8 Å². The van der Waals surface area contributed by atoms with Gasteiger partial charge in [-0.1, -0.05) is 12.1 Å². The summed E-state index contributed by atoms with van der Waals surface area (Å²) in [6, 6.07) is 7.37. The molecule has 3 aromatic heterocycles. The van der Waals surface area contributed by atoms with E-state index < -0.39 is 17.7 Å². The van der Waals surface area contributed by atoms with Gasteiger partial charge >= 0.3 is 0 Å². The maximum atomic E-state index is 13.9. The third kappa shape index (κ3) is 3.70. The summed E-state index contributed by atoms with van der Waals surface area (Å²) in [4.78, 5) is 21.4. The number of benzene rings is 1. The number of halogens is 2. The average molecular weight is 436 g/mol. The number of amides is 1. The minimum Gasteiger partial charge on any atom is -0.473 e. The van der Waals surface area contributed by atoms with Gasteiger partial charge in [-0.05, 0) is 30.7 Å². The standard InChI is InChI=1S/C22H18F2N6O2/c1-12-7-26-21(31)17-10-28-30-11-18(13-3-2-4-15(23)5-13)19(29-20(17)30)25-8-14-6-16(24)9-27-22(14)32-12/h2-6,9-12H,7-8H2,1H3,(H,25,29)(H,26,31)/t12-/m0/s1. The van der Waals surface area contributed by atoms with E-state index in [1.165, 1.54) is 28.9 Å². The second kappa shape index (κ2) is 7.88. The Morgan fingerprint density at radius 2 is 2.00 bits per heavy atom. The lowest BCUT2D eigenvalue weighted by Gasteiger charge is -2.17. The van der Waals surface area contributed by atoms with E-state index in [4.69, 9.17) is 4.74 Å². The van der Waals surface area contributed by atoms with Crippen LogP contribution < -0.4 is 15.4 Å². The summed E-state index contributed by atoms with van der Waals surface area (Å²) < 4.78 is 35.1. The van der Waals surface area contributed by atoms with Crippen LogP contribution in [0.25, 0.3) is 16.8 Å². The molecule has 4 heterocycles. The predicted octanol–water partition coefficient (Wildman–Crippen LogP) is 3.19. The molecule has 10 heteroatoms. The fourth-order valence-corrected chi connectivity index (χ4v) is 3.52. The molecule has 0 fully saturated rings. The Morgan fingerprint density at radius 1 is 1.12 bits per heavy atom. The van der Waals surface area contributed by atoms with E-state index in [2.05, 4.69) is 25.7 Å². The molecule has 1 aromatic carbocycles. The van der Waals surface area contributed by atoms with Crippen molar-refractivity contribution in [1.82, 2.24) is 24.9 Å². The van der Waals surface area contributed by atoms with Crippen molar-refractivity contribution in [3.8, 4) is 17.0 Å². The number of nitrogens with zero attached hydrogens (tertiary/aromatic N) is 4. The van der Waals surface area contributed by atoms with Crippen molar-refractivity contribution in [2.24, 2.45) is 0 Å². The lowest BCUT2D eigenvalue weighted by Crippen LogP contribution is -2.33. The van der Waals surface area contributed by atoms with Gasteiger partial charge in [-0.2, -0.15) is 5.10 Å². The highest BCUT2D eigenvalue weighted by molar-refractivity contribution is 6.00. The molecule has 0 radical (unpaired) electrons. The molecule has 2 N–H and O–H groups in total. The summed E-state index contributed by atoms with van der Waals surface area (Å²) in [6.07, 6.45) is 3.75. The number of fused-ring (bicyclic) bond motifs is 2. The molecule has 0 aliphatic carbocycles. The number of nitrogens with one attached hydrogen (secondary N) is 2. The number of hydrogen-bond acceptors (Lipinski definition) is 6. The van der Waals surface area contributed by atoms with Gasteiger partial charge in [0.05, 0.1) is 18.9 Å². The van der Waals surface area contributed by atoms with Crippen molar-refractivity contribution in [3.05, 3.63) is 71.7 Å². The molecule has 0 saturated carbocycles. The summed E-state index contributed by atoms with van der Waals surface area (Å²) >= 11 is 0. The molecule has 1 atom stereocenters. The number of carbonyl (C=O) groups is 1. The van der Waals surface area contributed by atoms with Gasteiger partial charge in [-0.25, -0.2) is 23.3 Å². The highest BCUT2D eigenvalue weighted by Gasteiger charge is 2.20. The molecule has 32 heavy (non-hydrogen) atoms. The monoisotopic (exact) mass is 436 g/mol. The lowest BCUT2D eigenvalue weighted by atomic mass is 10.1. The number of pyridine rings is 1. The molecule has 1 aliphatic rings. The van der Waals surface area contributed by atoms with Crippen molar-refractivity contribution >= 4 is 17.4 Å². The van der Waals surface area contributed by atoms with E-state index in [-0.39, 0.29) is 30.4 Å². The Morgan fingerprint density at radius 3 is 2.84 bits per heavy atom. The van der Waals surface area contributed by atoms with Gasteiger partial charge in [0, 0.05) is 23.9 Å². The van der Waals surface area contributed by atoms with Crippen LogP contribution in [-0.4, -0.2) is 38.1 Å². The molecule has 4 aromatic rings. The molecule has 8 nitrogen and oxygen atoms in total. The molecule has 0 saturated heterocycles. The maximum Gasteiger partial charge on any atom is 0.256 e. The Kier molecular flexibility index (Phi) is 4.89. The van der Waals surface area contributed by atoms with E-state index in [9.17, 15) is 13.6 Å². The minimum atomic E-state index is -0.508. The second-order valence-electron chi connectivity index (χ2n) is 7.45. The van der Waals surface area contributed by atoms with Gasteiger partial charge in [0.2, 0.25) is 5.88 Å². The quantitative estimate of drug-likeness (QED) is 0.476. The Bertz CT molecular complexity index is 1340. The first-order valence-electron chi connectivity index (χ1n) is 9.95. The topological polar surface area (TPSA) is 93.4 Å². The van der Waals surface area contributed by atoms with Crippen LogP contribution in [0.15, 0.2) is 48.9 Å². The Balaban J connectivity index is 1.67. The third-order valence-corrected chi connectivity index (χ3v) is 5.07. The molecule has 2 bridgehead atoms. The van der Waals surface area contributed by atoms with Crippen LogP contribution in [0.5, 0.6) is 5.88 Å². The zero-order valence-electron chi connectivity index (χ0n) is 17.0. The molecule has 1 amide bonds. The van der Waals surface area contributed by atoms with Gasteiger partial charge in [-0.15, -0.1) is 0 Å².